The first-order valence-electron chi connectivity index (χ1n) is 10.8. The molecule has 0 fully saturated rings. The highest BCUT2D eigenvalue weighted by atomic mass is 16.1. The van der Waals surface area contributed by atoms with Crippen molar-refractivity contribution in [1.82, 2.24) is 0 Å². The lowest BCUT2D eigenvalue weighted by Crippen LogP contribution is -2.10. The van der Waals surface area contributed by atoms with E-state index in [0.29, 0.717) is 5.56 Å². The van der Waals surface area contributed by atoms with E-state index < -0.39 is 0 Å². The number of carbonyl (C=O) groups excluding carboxylic acids is 1. The summed E-state index contributed by atoms with van der Waals surface area (Å²) in [5.41, 5.74) is 6.76. The molecule has 0 aliphatic heterocycles. The van der Waals surface area contributed by atoms with Crippen molar-refractivity contribution >= 4 is 23.3 Å². The second-order valence-electron chi connectivity index (χ2n) is 7.58. The van der Waals surface area contributed by atoms with Crippen LogP contribution in [0.25, 0.3) is 0 Å². The summed E-state index contributed by atoms with van der Waals surface area (Å²) in [6.45, 7) is 4.45. The van der Waals surface area contributed by atoms with E-state index in [9.17, 15) is 4.79 Å². The summed E-state index contributed by atoms with van der Waals surface area (Å²) in [5, 5.41) is 0. The summed E-state index contributed by atoms with van der Waals surface area (Å²) in [5.74, 6) is 0. The molecule has 0 N–H and O–H groups in total. The number of nitrogens with zero attached hydrogens (tertiary/aromatic N) is 1. The highest BCUT2D eigenvalue weighted by molar-refractivity contribution is 5.80. The number of carbonyl (C=O) groups is 1. The van der Waals surface area contributed by atoms with Crippen LogP contribution in [-0.4, -0.2) is 6.29 Å². The third kappa shape index (κ3) is 5.57. The molecule has 29 heavy (non-hydrogen) atoms. The average Bonchev–Trinajstić information content (AvgIpc) is 2.78. The lowest BCUT2D eigenvalue weighted by Gasteiger charge is -2.26. The van der Waals surface area contributed by atoms with E-state index in [0.717, 1.165) is 36.2 Å². The smallest absolute Gasteiger partial charge is 0.150 e. The van der Waals surface area contributed by atoms with Crippen LogP contribution in [0.2, 0.25) is 0 Å². The van der Waals surface area contributed by atoms with Crippen molar-refractivity contribution in [1.29, 1.82) is 0 Å². The Morgan fingerprint density at radius 1 is 0.621 bits per heavy atom. The van der Waals surface area contributed by atoms with Gasteiger partial charge in [0.2, 0.25) is 0 Å². The third-order valence-corrected chi connectivity index (χ3v) is 5.31. The minimum Gasteiger partial charge on any atom is -0.311 e. The van der Waals surface area contributed by atoms with E-state index in [4.69, 9.17) is 0 Å². The third-order valence-electron chi connectivity index (χ3n) is 5.31. The Morgan fingerprint density at radius 3 is 1.34 bits per heavy atom. The van der Waals surface area contributed by atoms with Crippen molar-refractivity contribution in [2.75, 3.05) is 4.90 Å². The molecule has 0 heterocycles. The fraction of sp³-hybridized carbons (Fsp3) is 0.296. The normalized spacial score (nSPS) is 10.7. The summed E-state index contributed by atoms with van der Waals surface area (Å²) in [6, 6.07) is 25.5. The molecular formula is C27H31NO. The van der Waals surface area contributed by atoms with Crippen LogP contribution in [0.3, 0.4) is 0 Å². The van der Waals surface area contributed by atoms with Gasteiger partial charge in [0.25, 0.3) is 0 Å². The van der Waals surface area contributed by atoms with Crippen molar-refractivity contribution in [3.8, 4) is 0 Å². The van der Waals surface area contributed by atoms with Gasteiger partial charge in [-0.25, -0.2) is 0 Å². The fourth-order valence-corrected chi connectivity index (χ4v) is 3.53. The average molecular weight is 386 g/mol. The quantitative estimate of drug-likeness (QED) is 0.334. The van der Waals surface area contributed by atoms with Crippen molar-refractivity contribution in [2.24, 2.45) is 0 Å². The second-order valence-corrected chi connectivity index (χ2v) is 7.58. The maximum Gasteiger partial charge on any atom is 0.150 e. The van der Waals surface area contributed by atoms with Crippen LogP contribution < -0.4 is 4.90 Å². The summed E-state index contributed by atoms with van der Waals surface area (Å²) < 4.78 is 0. The Kier molecular flexibility index (Phi) is 7.63. The number of aryl methyl sites for hydroxylation is 2. The van der Waals surface area contributed by atoms with Gasteiger partial charge in [-0.3, -0.25) is 4.79 Å². The molecule has 0 atom stereocenters. The van der Waals surface area contributed by atoms with E-state index in [1.807, 2.05) is 24.3 Å². The molecule has 0 aromatic heterocycles. The fourth-order valence-electron chi connectivity index (χ4n) is 3.53. The maximum atomic E-state index is 11.1. The van der Waals surface area contributed by atoms with Gasteiger partial charge in [-0.1, -0.05) is 51.0 Å². The van der Waals surface area contributed by atoms with Crippen LogP contribution in [0.5, 0.6) is 0 Å². The Hall–Kier alpha value is -2.87. The molecule has 0 amide bonds. The van der Waals surface area contributed by atoms with E-state index >= 15 is 0 Å². The molecule has 0 bridgehead atoms. The summed E-state index contributed by atoms with van der Waals surface area (Å²) >= 11 is 0. The first-order chi connectivity index (χ1) is 14.2. The van der Waals surface area contributed by atoms with Crippen LogP contribution in [0.1, 0.15) is 61.0 Å². The van der Waals surface area contributed by atoms with Gasteiger partial charge in [0.05, 0.1) is 0 Å². The Morgan fingerprint density at radius 2 is 1.00 bits per heavy atom. The number of benzene rings is 3. The summed E-state index contributed by atoms with van der Waals surface area (Å²) in [6.07, 6.45) is 7.99. The van der Waals surface area contributed by atoms with Crippen LogP contribution in [0.15, 0.2) is 72.8 Å². The predicted molar refractivity (Wildman–Crippen MR) is 124 cm³/mol. The van der Waals surface area contributed by atoms with Gasteiger partial charge in [0.1, 0.15) is 6.29 Å². The van der Waals surface area contributed by atoms with Crippen LogP contribution >= 0.6 is 0 Å². The molecule has 0 saturated heterocycles. The Balaban J connectivity index is 1.93. The highest BCUT2D eigenvalue weighted by Crippen LogP contribution is 2.35. The van der Waals surface area contributed by atoms with E-state index in [-0.39, 0.29) is 0 Å². The summed E-state index contributed by atoms with van der Waals surface area (Å²) in [7, 11) is 0. The van der Waals surface area contributed by atoms with Gasteiger partial charge in [-0.15, -0.1) is 0 Å². The molecule has 3 aromatic rings. The molecule has 2 heteroatoms. The first kappa shape index (κ1) is 20.9. The minimum atomic E-state index is 0.693. The molecular weight excluding hydrogens is 354 g/mol. The molecule has 0 spiro atoms. The molecule has 150 valence electrons. The molecule has 3 aromatic carbocycles. The zero-order valence-electron chi connectivity index (χ0n) is 17.6. The van der Waals surface area contributed by atoms with Gasteiger partial charge >= 0.3 is 0 Å². The molecule has 0 saturated carbocycles. The van der Waals surface area contributed by atoms with E-state index in [2.05, 4.69) is 67.3 Å². The Bertz CT molecular complexity index is 828. The maximum absolute atomic E-state index is 11.1. The van der Waals surface area contributed by atoms with Crippen LogP contribution in [0, 0.1) is 0 Å². The van der Waals surface area contributed by atoms with Gasteiger partial charge < -0.3 is 4.90 Å². The second kappa shape index (κ2) is 10.6. The minimum absolute atomic E-state index is 0.693. The zero-order chi connectivity index (χ0) is 20.5. The number of aldehydes is 1. The molecule has 2 nitrogen and oxygen atoms in total. The number of unbranched alkanes of at least 4 members (excludes halogenated alkanes) is 2. The molecule has 0 unspecified atom stereocenters. The van der Waals surface area contributed by atoms with Crippen molar-refractivity contribution in [2.45, 2.75) is 52.4 Å². The largest absolute Gasteiger partial charge is 0.311 e. The molecule has 0 aliphatic carbocycles. The molecule has 3 rings (SSSR count). The van der Waals surface area contributed by atoms with Crippen LogP contribution in [0.4, 0.5) is 17.1 Å². The van der Waals surface area contributed by atoms with Crippen molar-refractivity contribution < 1.29 is 4.79 Å². The SMILES string of the molecule is CCCCc1ccc(N(c2ccc(C=O)cc2)c2ccc(CCCC)cc2)cc1. The summed E-state index contributed by atoms with van der Waals surface area (Å²) in [4.78, 5) is 13.3. The van der Waals surface area contributed by atoms with Gasteiger partial charge in [0, 0.05) is 22.6 Å². The highest BCUT2D eigenvalue weighted by Gasteiger charge is 2.12. The number of anilines is 3. The number of rotatable bonds is 10. The van der Waals surface area contributed by atoms with Crippen LogP contribution in [-0.2, 0) is 12.8 Å². The van der Waals surface area contributed by atoms with Gasteiger partial charge in [0.15, 0.2) is 0 Å². The van der Waals surface area contributed by atoms with Crippen molar-refractivity contribution in [3.05, 3.63) is 89.5 Å². The van der Waals surface area contributed by atoms with Gasteiger partial charge in [-0.05, 0) is 85.3 Å². The zero-order valence-corrected chi connectivity index (χ0v) is 17.6. The molecule has 0 aliphatic rings. The first-order valence-corrected chi connectivity index (χ1v) is 10.8. The predicted octanol–water partition coefficient (Wildman–Crippen LogP) is 7.65. The standard InChI is InChI=1S/C27H31NO/c1-3-5-7-22-9-15-25(16-10-22)28(27-19-13-24(21-29)14-20-27)26-17-11-23(12-18-26)8-6-4-2/h9-21H,3-8H2,1-2H3. The lowest BCUT2D eigenvalue weighted by atomic mass is 10.1. The monoisotopic (exact) mass is 385 g/mol. The number of hydrogen-bond donors (Lipinski definition) is 0. The lowest BCUT2D eigenvalue weighted by molar-refractivity contribution is 0.112. The van der Waals surface area contributed by atoms with Gasteiger partial charge in [-0.2, -0.15) is 0 Å². The molecule has 0 radical (unpaired) electrons. The Labute approximate surface area is 175 Å². The van der Waals surface area contributed by atoms with E-state index in [1.54, 1.807) is 0 Å². The topological polar surface area (TPSA) is 20.3 Å². The number of hydrogen-bond acceptors (Lipinski definition) is 2. The van der Waals surface area contributed by atoms with Crippen molar-refractivity contribution in [3.63, 3.8) is 0 Å². The van der Waals surface area contributed by atoms with E-state index in [1.165, 1.54) is 36.8 Å².